The van der Waals surface area contributed by atoms with E-state index < -0.39 is 0 Å². The van der Waals surface area contributed by atoms with E-state index in [2.05, 4.69) is 9.99 Å². The first-order valence-electron chi connectivity index (χ1n) is 3.27. The van der Waals surface area contributed by atoms with E-state index in [1.807, 2.05) is 0 Å². The predicted molar refractivity (Wildman–Crippen MR) is 38.1 cm³/mol. The molecule has 1 heterocycles. The Balaban J connectivity index is 2.26. The lowest BCUT2D eigenvalue weighted by atomic mass is 10.2. The third kappa shape index (κ3) is 1.91. The van der Waals surface area contributed by atoms with Gasteiger partial charge < -0.3 is 14.8 Å². The fraction of sp³-hybridized carbons (Fsp3) is 0.667. The van der Waals surface area contributed by atoms with Crippen molar-refractivity contribution in [3.05, 3.63) is 0 Å². The van der Waals surface area contributed by atoms with Gasteiger partial charge in [-0.2, -0.15) is 0 Å². The lowest BCUT2D eigenvalue weighted by Crippen LogP contribution is -2.53. The first kappa shape index (κ1) is 8.00. The molecule has 11 heavy (non-hydrogen) atoms. The van der Waals surface area contributed by atoms with Crippen LogP contribution in [-0.2, 0) is 9.63 Å². The molecular formula is C6H10N2O3. The molecule has 0 unspecified atom stereocenters. The molecule has 1 fully saturated rings. The summed E-state index contributed by atoms with van der Waals surface area (Å²) in [6.45, 7) is 0.795. The van der Waals surface area contributed by atoms with Gasteiger partial charge in [-0.25, -0.2) is 0 Å². The highest BCUT2D eigenvalue weighted by Gasteiger charge is 2.27. The Labute approximate surface area is 64.2 Å². The van der Waals surface area contributed by atoms with Crippen LogP contribution in [0.1, 0.15) is 0 Å². The van der Waals surface area contributed by atoms with Crippen molar-refractivity contribution in [2.75, 3.05) is 20.2 Å². The molecule has 0 aromatic rings. The highest BCUT2D eigenvalue weighted by Crippen LogP contribution is 2.05. The van der Waals surface area contributed by atoms with Crippen LogP contribution in [0, 0.1) is 0 Å². The van der Waals surface area contributed by atoms with Crippen LogP contribution in [0.4, 0.5) is 0 Å². The maximum atomic E-state index is 10.9. The third-order valence-corrected chi connectivity index (χ3v) is 1.44. The van der Waals surface area contributed by atoms with Crippen molar-refractivity contribution >= 4 is 12.1 Å². The monoisotopic (exact) mass is 158 g/mol. The standard InChI is InChI=1S/C6H10N2O3/c1-11-7-2-6(10)8-3-5(9)4-8/h2,5,9H,3-4H2,1H3/b7-2+. The molecule has 0 aliphatic carbocycles. The van der Waals surface area contributed by atoms with Gasteiger partial charge in [0.1, 0.15) is 13.3 Å². The van der Waals surface area contributed by atoms with Crippen LogP contribution >= 0.6 is 0 Å². The van der Waals surface area contributed by atoms with Crippen molar-refractivity contribution in [1.29, 1.82) is 0 Å². The molecule has 1 amide bonds. The minimum Gasteiger partial charge on any atom is -0.399 e. The van der Waals surface area contributed by atoms with Gasteiger partial charge in [0, 0.05) is 13.1 Å². The predicted octanol–water partition coefficient (Wildman–Crippen LogP) is -1.18. The van der Waals surface area contributed by atoms with E-state index >= 15 is 0 Å². The summed E-state index contributed by atoms with van der Waals surface area (Å²) >= 11 is 0. The Bertz CT molecular complexity index is 175. The highest BCUT2D eigenvalue weighted by molar-refractivity contribution is 6.26. The average Bonchev–Trinajstić information content (AvgIpc) is 1.94. The Morgan fingerprint density at radius 2 is 2.45 bits per heavy atom. The van der Waals surface area contributed by atoms with Crippen molar-refractivity contribution in [3.63, 3.8) is 0 Å². The highest BCUT2D eigenvalue weighted by atomic mass is 16.6. The molecule has 1 aliphatic rings. The molecule has 0 aromatic heterocycles. The molecule has 0 bridgehead atoms. The molecule has 1 rings (SSSR count). The largest absolute Gasteiger partial charge is 0.399 e. The van der Waals surface area contributed by atoms with Gasteiger partial charge in [-0.05, 0) is 0 Å². The molecular weight excluding hydrogens is 148 g/mol. The summed E-state index contributed by atoms with van der Waals surface area (Å²) in [7, 11) is 1.37. The zero-order chi connectivity index (χ0) is 8.27. The lowest BCUT2D eigenvalue weighted by Gasteiger charge is -2.34. The number of likely N-dealkylation sites (tertiary alicyclic amines) is 1. The maximum absolute atomic E-state index is 10.9. The normalized spacial score (nSPS) is 18.5. The summed E-state index contributed by atoms with van der Waals surface area (Å²) in [5.74, 6) is -0.225. The van der Waals surface area contributed by atoms with Crippen LogP contribution in [0.5, 0.6) is 0 Å². The quantitative estimate of drug-likeness (QED) is 0.406. The molecule has 0 saturated carbocycles. The van der Waals surface area contributed by atoms with Crippen LogP contribution in [0.3, 0.4) is 0 Å². The minimum atomic E-state index is -0.366. The van der Waals surface area contributed by atoms with Gasteiger partial charge in [-0.15, -0.1) is 0 Å². The van der Waals surface area contributed by atoms with Crippen LogP contribution < -0.4 is 0 Å². The summed E-state index contributed by atoms with van der Waals surface area (Å²) < 4.78 is 0. The Hall–Kier alpha value is -1.10. The fourth-order valence-corrected chi connectivity index (χ4v) is 0.815. The summed E-state index contributed by atoms with van der Waals surface area (Å²) in [4.78, 5) is 16.7. The van der Waals surface area contributed by atoms with Crippen molar-refractivity contribution in [2.45, 2.75) is 6.10 Å². The lowest BCUT2D eigenvalue weighted by molar-refractivity contribution is -0.133. The van der Waals surface area contributed by atoms with E-state index in [1.54, 1.807) is 0 Å². The number of rotatable bonds is 2. The maximum Gasteiger partial charge on any atom is 0.268 e. The number of aliphatic hydroxyl groups excluding tert-OH is 1. The van der Waals surface area contributed by atoms with E-state index in [1.165, 1.54) is 12.0 Å². The third-order valence-electron chi connectivity index (χ3n) is 1.44. The van der Waals surface area contributed by atoms with Crippen LogP contribution in [0.25, 0.3) is 0 Å². The van der Waals surface area contributed by atoms with Crippen LogP contribution in [-0.4, -0.2) is 48.4 Å². The van der Waals surface area contributed by atoms with Gasteiger partial charge in [-0.3, -0.25) is 4.79 Å². The molecule has 0 radical (unpaired) electrons. The van der Waals surface area contributed by atoms with Gasteiger partial charge >= 0.3 is 0 Å². The van der Waals surface area contributed by atoms with E-state index in [0.29, 0.717) is 13.1 Å². The molecule has 1 aliphatic heterocycles. The molecule has 62 valence electrons. The van der Waals surface area contributed by atoms with Gasteiger partial charge in [0.15, 0.2) is 0 Å². The average molecular weight is 158 g/mol. The molecule has 1 N–H and O–H groups in total. The smallest absolute Gasteiger partial charge is 0.268 e. The first-order chi connectivity index (χ1) is 5.24. The Morgan fingerprint density at radius 1 is 1.82 bits per heavy atom. The summed E-state index contributed by atoms with van der Waals surface area (Å²) in [6, 6.07) is 0. The van der Waals surface area contributed by atoms with Crippen molar-refractivity contribution in [1.82, 2.24) is 4.90 Å². The van der Waals surface area contributed by atoms with Crippen LogP contribution in [0.15, 0.2) is 5.16 Å². The second-order valence-corrected chi connectivity index (χ2v) is 2.31. The number of carbonyl (C=O) groups excluding carboxylic acids is 1. The molecule has 0 atom stereocenters. The number of hydrogen-bond donors (Lipinski definition) is 1. The van der Waals surface area contributed by atoms with Crippen LogP contribution in [0.2, 0.25) is 0 Å². The summed E-state index contributed by atoms with van der Waals surface area (Å²) in [5.41, 5.74) is 0. The van der Waals surface area contributed by atoms with Crippen molar-refractivity contribution in [2.24, 2.45) is 5.16 Å². The zero-order valence-electron chi connectivity index (χ0n) is 6.23. The Morgan fingerprint density at radius 3 is 2.91 bits per heavy atom. The van der Waals surface area contributed by atoms with Gasteiger partial charge in [0.2, 0.25) is 0 Å². The van der Waals surface area contributed by atoms with Crippen molar-refractivity contribution < 1.29 is 14.7 Å². The van der Waals surface area contributed by atoms with E-state index in [-0.39, 0.29) is 12.0 Å². The number of carbonyl (C=O) groups is 1. The molecule has 1 saturated heterocycles. The zero-order valence-corrected chi connectivity index (χ0v) is 6.23. The topological polar surface area (TPSA) is 62.1 Å². The second kappa shape index (κ2) is 3.34. The van der Waals surface area contributed by atoms with E-state index in [0.717, 1.165) is 6.21 Å². The fourth-order valence-electron chi connectivity index (χ4n) is 0.815. The van der Waals surface area contributed by atoms with Gasteiger partial charge in [-0.1, -0.05) is 5.16 Å². The summed E-state index contributed by atoms with van der Waals surface area (Å²) in [6.07, 6.45) is 0.723. The number of hydrogen-bond acceptors (Lipinski definition) is 4. The summed E-state index contributed by atoms with van der Waals surface area (Å²) in [5, 5.41) is 12.1. The van der Waals surface area contributed by atoms with E-state index in [4.69, 9.17) is 5.11 Å². The number of oxime groups is 1. The molecule has 5 nitrogen and oxygen atoms in total. The number of β-amino-alcohol motifs (C(OH)–C–C–N with tert-alkyl or cyclic N) is 1. The Kier molecular flexibility index (Phi) is 2.43. The van der Waals surface area contributed by atoms with E-state index in [9.17, 15) is 4.79 Å². The minimum absolute atomic E-state index is 0.225. The van der Waals surface area contributed by atoms with Gasteiger partial charge in [0.05, 0.1) is 6.10 Å². The number of nitrogens with zero attached hydrogens (tertiary/aromatic N) is 2. The molecule has 0 spiro atoms. The van der Waals surface area contributed by atoms with Crippen molar-refractivity contribution in [3.8, 4) is 0 Å². The first-order valence-corrected chi connectivity index (χ1v) is 3.27. The molecule has 5 heteroatoms. The SMILES string of the molecule is CO/N=C/C(=O)N1CC(O)C1. The second-order valence-electron chi connectivity index (χ2n) is 2.31. The molecule has 0 aromatic carbocycles. The number of aliphatic hydroxyl groups is 1. The number of amides is 1. The van der Waals surface area contributed by atoms with Gasteiger partial charge in [0.25, 0.3) is 5.91 Å².